The van der Waals surface area contributed by atoms with E-state index in [1.54, 1.807) is 30.3 Å². The van der Waals surface area contributed by atoms with Crippen molar-refractivity contribution in [3.63, 3.8) is 0 Å². The number of hydrazine groups is 1. The van der Waals surface area contributed by atoms with Crippen LogP contribution >= 0.6 is 23.2 Å². The fraction of sp³-hybridized carbons (Fsp3) is 0.421. The highest BCUT2D eigenvalue weighted by Gasteiger charge is 2.46. The third kappa shape index (κ3) is 7.35. The topological polar surface area (TPSA) is 146 Å². The number of methoxy groups -OCH3 is 1. The molecular weight excluding hydrogens is 719 g/mol. The summed E-state index contributed by atoms with van der Waals surface area (Å²) < 4.78 is 7.10. The number of carbonyl (C=O) groups is 3. The van der Waals surface area contributed by atoms with E-state index in [-0.39, 0.29) is 11.8 Å². The van der Waals surface area contributed by atoms with E-state index in [0.29, 0.717) is 85.5 Å². The van der Waals surface area contributed by atoms with E-state index in [2.05, 4.69) is 25.9 Å². The van der Waals surface area contributed by atoms with Gasteiger partial charge in [-0.05, 0) is 110 Å². The number of carboxylic acid groups (broad SMARTS) is 1. The van der Waals surface area contributed by atoms with Crippen molar-refractivity contribution in [2.45, 2.75) is 55.4 Å². The van der Waals surface area contributed by atoms with Crippen molar-refractivity contribution < 1.29 is 24.2 Å². The van der Waals surface area contributed by atoms with Gasteiger partial charge in [-0.1, -0.05) is 59.6 Å². The minimum atomic E-state index is -0.925. The molecule has 3 saturated heterocycles. The van der Waals surface area contributed by atoms with Crippen LogP contribution in [0.1, 0.15) is 60.0 Å². The summed E-state index contributed by atoms with van der Waals surface area (Å²) in [5.74, 6) is -0.778. The average molecular weight is 762 g/mol. The largest absolute Gasteiger partial charge is 0.496 e. The predicted octanol–water partition coefficient (Wildman–Crippen LogP) is 4.77. The lowest BCUT2D eigenvalue weighted by Crippen LogP contribution is -2.57. The van der Waals surface area contributed by atoms with Crippen molar-refractivity contribution >= 4 is 41.0 Å². The van der Waals surface area contributed by atoms with Gasteiger partial charge in [0, 0.05) is 25.0 Å². The van der Waals surface area contributed by atoms with E-state index >= 15 is 0 Å². The third-order valence-electron chi connectivity index (χ3n) is 11.4. The molecule has 3 aliphatic rings. The second-order valence-corrected chi connectivity index (χ2v) is 15.0. The predicted molar refractivity (Wildman–Crippen MR) is 198 cm³/mol. The Morgan fingerprint density at radius 2 is 1.74 bits per heavy atom. The number of halogens is 2. The number of tetrazole rings is 1. The van der Waals surface area contributed by atoms with Crippen molar-refractivity contribution in [3.8, 4) is 11.4 Å². The van der Waals surface area contributed by atoms with Gasteiger partial charge < -0.3 is 19.6 Å². The molecule has 0 aliphatic carbocycles. The number of hydrogen-bond donors (Lipinski definition) is 2. The van der Waals surface area contributed by atoms with Crippen LogP contribution in [0.4, 0.5) is 0 Å². The molecule has 1 aromatic heterocycles. The van der Waals surface area contributed by atoms with Crippen LogP contribution in [0.3, 0.4) is 0 Å². The summed E-state index contributed by atoms with van der Waals surface area (Å²) in [7, 11) is 1.54. The lowest BCUT2D eigenvalue weighted by molar-refractivity contribution is -0.145. The number of ether oxygens (including phenoxy) is 1. The average Bonchev–Trinajstić information content (AvgIpc) is 3.98. The van der Waals surface area contributed by atoms with E-state index in [1.807, 2.05) is 53.4 Å². The summed E-state index contributed by atoms with van der Waals surface area (Å²) >= 11 is 12.9. The molecule has 4 aromatic rings. The number of aliphatic carboxylic acids is 1. The van der Waals surface area contributed by atoms with Crippen LogP contribution < -0.4 is 10.2 Å². The van der Waals surface area contributed by atoms with E-state index in [4.69, 9.17) is 27.9 Å². The summed E-state index contributed by atoms with van der Waals surface area (Å²) in [5.41, 5.74) is 4.82. The number of rotatable bonds is 11. The van der Waals surface area contributed by atoms with Crippen LogP contribution in [-0.4, -0.2) is 110 Å². The highest BCUT2D eigenvalue weighted by Crippen LogP contribution is 2.42. The van der Waals surface area contributed by atoms with E-state index in [1.165, 1.54) is 11.0 Å². The van der Waals surface area contributed by atoms with Gasteiger partial charge in [0.1, 0.15) is 18.1 Å². The summed E-state index contributed by atoms with van der Waals surface area (Å²) in [6, 6.07) is 20.1. The molecule has 2 amide bonds. The zero-order chi connectivity index (χ0) is 37.2. The van der Waals surface area contributed by atoms with Crippen molar-refractivity contribution in [3.05, 3.63) is 99.8 Å². The van der Waals surface area contributed by atoms with Crippen LogP contribution in [0, 0.1) is 0 Å². The van der Waals surface area contributed by atoms with Crippen LogP contribution in [0.15, 0.2) is 73.1 Å². The molecule has 0 bridgehead atoms. The molecule has 2 unspecified atom stereocenters. The van der Waals surface area contributed by atoms with Crippen LogP contribution in [-0.2, 0) is 20.4 Å². The van der Waals surface area contributed by atoms with Gasteiger partial charge >= 0.3 is 5.97 Å². The maximum absolute atomic E-state index is 14.2. The summed E-state index contributed by atoms with van der Waals surface area (Å²) in [4.78, 5) is 44.4. The number of carbonyl (C=O) groups excluding carboxylic acids is 2. The molecule has 13 nitrogen and oxygen atoms in total. The van der Waals surface area contributed by atoms with Gasteiger partial charge in [-0.3, -0.25) is 19.8 Å². The minimum Gasteiger partial charge on any atom is -0.496 e. The summed E-state index contributed by atoms with van der Waals surface area (Å²) in [6.45, 7) is 3.58. The molecule has 2 N–H and O–H groups in total. The number of piperidine rings is 1. The second kappa shape index (κ2) is 15.4. The molecular formula is C38H42Cl2N8O5. The summed E-state index contributed by atoms with van der Waals surface area (Å²) in [6.07, 6.45) is 5.32. The smallest absolute Gasteiger partial charge is 0.322 e. The molecule has 3 aliphatic heterocycles. The molecule has 278 valence electrons. The lowest BCUT2D eigenvalue weighted by atomic mass is 9.71. The Labute approximate surface area is 317 Å². The van der Waals surface area contributed by atoms with E-state index < -0.39 is 22.8 Å². The highest BCUT2D eigenvalue weighted by atomic mass is 35.5. The molecule has 53 heavy (non-hydrogen) atoms. The maximum atomic E-state index is 14.2. The van der Waals surface area contributed by atoms with Gasteiger partial charge in [-0.25, -0.2) is 9.69 Å². The number of nitrogens with zero attached hydrogens (tertiary/aromatic N) is 7. The van der Waals surface area contributed by atoms with Gasteiger partial charge in [-0.2, -0.15) is 0 Å². The Kier molecular flexibility index (Phi) is 10.7. The molecule has 0 radical (unpaired) electrons. The Morgan fingerprint density at radius 1 is 0.943 bits per heavy atom. The Balaban J connectivity index is 1.09. The normalized spacial score (nSPS) is 21.8. The first-order valence-electron chi connectivity index (χ1n) is 17.9. The van der Waals surface area contributed by atoms with Crippen molar-refractivity contribution in [1.82, 2.24) is 40.4 Å². The van der Waals surface area contributed by atoms with Gasteiger partial charge in [0.2, 0.25) is 5.91 Å². The zero-order valence-electron chi connectivity index (χ0n) is 29.5. The quantitative estimate of drug-likeness (QED) is 0.219. The van der Waals surface area contributed by atoms with Crippen LogP contribution in [0.2, 0.25) is 10.0 Å². The fourth-order valence-corrected chi connectivity index (χ4v) is 8.54. The zero-order valence-corrected chi connectivity index (χ0v) is 31.0. The van der Waals surface area contributed by atoms with Crippen molar-refractivity contribution in [2.75, 3.05) is 46.4 Å². The molecule has 15 heteroatoms. The minimum absolute atomic E-state index is 0.154. The monoisotopic (exact) mass is 760 g/mol. The van der Waals surface area contributed by atoms with Crippen LogP contribution in [0.25, 0.3) is 5.69 Å². The Bertz CT molecular complexity index is 1960. The number of aromatic nitrogens is 4. The Hall–Kier alpha value is -4.56. The number of carboxylic acids is 1. The second-order valence-electron chi connectivity index (χ2n) is 14.2. The third-order valence-corrected chi connectivity index (χ3v) is 12.1. The number of benzene rings is 3. The molecule has 0 spiro atoms. The molecule has 0 saturated carbocycles. The first-order valence-corrected chi connectivity index (χ1v) is 18.6. The molecule has 3 fully saturated rings. The SMILES string of the molecule is COc1ccc(-n2cnnn2)cc1C(=O)N1CCC(CCN2CCC(C(=O)NN3CCCC3C(=O)O)(c3ccccc3)CC2)(c2ccc(Cl)c(Cl)c2)C1. The van der Waals surface area contributed by atoms with E-state index in [9.17, 15) is 19.5 Å². The van der Waals surface area contributed by atoms with Crippen molar-refractivity contribution in [2.24, 2.45) is 0 Å². The number of nitrogens with one attached hydrogen (secondary N) is 1. The van der Waals surface area contributed by atoms with Gasteiger partial charge in [0.15, 0.2) is 0 Å². The number of amides is 2. The van der Waals surface area contributed by atoms with Gasteiger partial charge in [0.25, 0.3) is 5.91 Å². The standard InChI is InChI=1S/C38H42Cl2N8O5/c1-53-33-12-10-28(48-25-41-43-44-48)23-29(33)34(49)46-21-14-37(24-46,27-9-11-30(39)31(40)22-27)13-18-45-19-15-38(16-20-45,26-6-3-2-4-7-26)36(52)42-47-17-5-8-32(47)35(50)51/h2-4,6-7,9-12,22-23,25,32H,5,8,13-21,24H2,1H3,(H,42,52)(H,50,51). The molecule has 7 rings (SSSR count). The molecule has 2 atom stereocenters. The first kappa shape index (κ1) is 36.8. The lowest BCUT2D eigenvalue weighted by Gasteiger charge is -2.43. The van der Waals surface area contributed by atoms with Gasteiger partial charge in [0.05, 0.1) is 33.8 Å². The van der Waals surface area contributed by atoms with Crippen LogP contribution in [0.5, 0.6) is 5.75 Å². The maximum Gasteiger partial charge on any atom is 0.322 e. The molecule has 4 heterocycles. The van der Waals surface area contributed by atoms with E-state index in [0.717, 1.165) is 30.5 Å². The Morgan fingerprint density at radius 3 is 2.43 bits per heavy atom. The first-order chi connectivity index (χ1) is 25.6. The van der Waals surface area contributed by atoms with Crippen molar-refractivity contribution in [1.29, 1.82) is 0 Å². The number of hydrogen-bond acceptors (Lipinski definition) is 9. The fourth-order valence-electron chi connectivity index (χ4n) is 8.24. The number of likely N-dealkylation sites (tertiary alicyclic amines) is 2. The highest BCUT2D eigenvalue weighted by molar-refractivity contribution is 6.42. The summed E-state index contributed by atoms with van der Waals surface area (Å²) in [5, 5.41) is 23.7. The molecule has 3 aromatic carbocycles. The van der Waals surface area contributed by atoms with Gasteiger partial charge in [-0.15, -0.1) is 5.10 Å².